The summed E-state index contributed by atoms with van der Waals surface area (Å²) < 4.78 is 12.7. The van der Waals surface area contributed by atoms with Crippen LogP contribution >= 0.6 is 0 Å². The molecule has 0 saturated heterocycles. The zero-order valence-corrected chi connectivity index (χ0v) is 15.7. The summed E-state index contributed by atoms with van der Waals surface area (Å²) in [5, 5.41) is 0. The summed E-state index contributed by atoms with van der Waals surface area (Å²) in [6, 6.07) is 11.4. The van der Waals surface area contributed by atoms with Crippen molar-refractivity contribution < 1.29 is 9.47 Å². The summed E-state index contributed by atoms with van der Waals surface area (Å²) in [6.07, 6.45) is 4.21. The molecule has 0 aliphatic carbocycles. The maximum absolute atomic E-state index is 6.06. The van der Waals surface area contributed by atoms with Crippen molar-refractivity contribution in [3.05, 3.63) is 54.6 Å². The first-order valence-electron chi connectivity index (χ1n) is 8.80. The summed E-state index contributed by atoms with van der Waals surface area (Å²) in [5.74, 6) is 2.87. The van der Waals surface area contributed by atoms with Gasteiger partial charge < -0.3 is 19.8 Å². The van der Waals surface area contributed by atoms with Gasteiger partial charge in [0.1, 0.15) is 11.5 Å². The highest BCUT2D eigenvalue weighted by Gasteiger charge is 2.21. The second-order valence-corrected chi connectivity index (χ2v) is 6.18. The van der Waals surface area contributed by atoms with Crippen molar-refractivity contribution in [3.8, 4) is 34.4 Å². The standard InChI is InChI=1S/C20H20N6O2/c1-27-14-6-7-16(28-2)15(11-14)19-24-17-18(21)23-12-26(20(17)25-19)10-8-13-5-3-4-9-22-13/h3-7,9,11-12H,8,10,21H2,1-2H3. The maximum atomic E-state index is 6.06. The zero-order chi connectivity index (χ0) is 19.5. The van der Waals surface area contributed by atoms with Gasteiger partial charge in [-0.05, 0) is 30.3 Å². The number of methoxy groups -OCH3 is 2. The number of aromatic nitrogens is 5. The molecule has 0 saturated carbocycles. The largest absolute Gasteiger partial charge is 0.497 e. The molecule has 8 heteroatoms. The lowest BCUT2D eigenvalue weighted by Crippen LogP contribution is -2.10. The van der Waals surface area contributed by atoms with Crippen molar-refractivity contribution in [1.82, 2.24) is 24.5 Å². The Morgan fingerprint density at radius 1 is 1.04 bits per heavy atom. The molecule has 1 aromatic carbocycles. The topological polar surface area (TPSA) is 101 Å². The summed E-state index contributed by atoms with van der Waals surface area (Å²) in [4.78, 5) is 18.0. The van der Waals surface area contributed by atoms with Crippen molar-refractivity contribution in [2.24, 2.45) is 0 Å². The maximum Gasteiger partial charge on any atom is 0.166 e. The van der Waals surface area contributed by atoms with Gasteiger partial charge in [0.05, 0.1) is 26.1 Å². The quantitative estimate of drug-likeness (QED) is 0.552. The van der Waals surface area contributed by atoms with E-state index in [1.165, 1.54) is 0 Å². The minimum atomic E-state index is 0.338. The van der Waals surface area contributed by atoms with Gasteiger partial charge >= 0.3 is 0 Å². The van der Waals surface area contributed by atoms with Crippen LogP contribution in [-0.2, 0) is 13.0 Å². The van der Waals surface area contributed by atoms with E-state index in [4.69, 9.17) is 20.2 Å². The lowest BCUT2D eigenvalue weighted by atomic mass is 10.2. The first-order chi connectivity index (χ1) is 13.7. The Morgan fingerprint density at radius 2 is 1.93 bits per heavy atom. The molecule has 4 rings (SSSR count). The molecule has 2 aliphatic rings. The van der Waals surface area contributed by atoms with Crippen molar-refractivity contribution in [2.75, 3.05) is 20.0 Å². The number of nitrogens with zero attached hydrogens (tertiary/aromatic N) is 5. The number of benzene rings is 1. The molecule has 3 heterocycles. The van der Waals surface area contributed by atoms with E-state index in [2.05, 4.69) is 15.0 Å². The molecule has 0 radical (unpaired) electrons. The van der Waals surface area contributed by atoms with Gasteiger partial charge in [-0.3, -0.25) is 4.98 Å². The molecule has 2 aliphatic heterocycles. The fraction of sp³-hybridized carbons (Fsp3) is 0.200. The third kappa shape index (κ3) is 3.32. The molecule has 0 fully saturated rings. The normalized spacial score (nSPS) is 10.9. The van der Waals surface area contributed by atoms with Gasteiger partial charge in [-0.2, -0.15) is 0 Å². The predicted octanol–water partition coefficient (Wildman–Crippen LogP) is 2.68. The summed E-state index contributed by atoms with van der Waals surface area (Å²) >= 11 is 0. The molecule has 8 nitrogen and oxygen atoms in total. The third-order valence-corrected chi connectivity index (χ3v) is 4.47. The Hall–Kier alpha value is -3.68. The molecule has 2 N–H and O–H groups in total. The minimum absolute atomic E-state index is 0.338. The minimum Gasteiger partial charge on any atom is -0.497 e. The Labute approximate surface area is 162 Å². The Morgan fingerprint density at radius 3 is 2.68 bits per heavy atom. The number of fused-ring (bicyclic) bond motifs is 1. The highest BCUT2D eigenvalue weighted by Crippen LogP contribution is 2.35. The van der Waals surface area contributed by atoms with Crippen LogP contribution in [0.15, 0.2) is 48.9 Å². The van der Waals surface area contributed by atoms with E-state index < -0.39 is 0 Å². The smallest absolute Gasteiger partial charge is 0.166 e. The number of pyridine rings is 1. The van der Waals surface area contributed by atoms with E-state index in [-0.39, 0.29) is 0 Å². The molecular formula is C20H20N6O2. The van der Waals surface area contributed by atoms with Crippen LogP contribution < -0.4 is 15.2 Å². The molecule has 0 atom stereocenters. The van der Waals surface area contributed by atoms with Crippen molar-refractivity contribution in [3.63, 3.8) is 0 Å². The molecule has 0 amide bonds. The Kier molecular flexibility index (Phi) is 4.76. The fourth-order valence-corrected chi connectivity index (χ4v) is 3.01. The molecule has 28 heavy (non-hydrogen) atoms. The second kappa shape index (κ2) is 7.51. The SMILES string of the molecule is COc1ccc(OC)c(-c2nc3c(N)ncn(CCc4ccccn4)c-3n2)c1. The molecule has 0 spiro atoms. The first kappa shape index (κ1) is 17.7. The number of imidazole rings is 1. The van der Waals surface area contributed by atoms with Crippen LogP contribution in [0.25, 0.3) is 22.9 Å². The number of rotatable bonds is 6. The van der Waals surface area contributed by atoms with Crippen LogP contribution in [0.5, 0.6) is 11.5 Å². The van der Waals surface area contributed by atoms with E-state index in [9.17, 15) is 0 Å². The van der Waals surface area contributed by atoms with Crippen LogP contribution in [-0.4, -0.2) is 38.7 Å². The molecular weight excluding hydrogens is 356 g/mol. The van der Waals surface area contributed by atoms with Crippen molar-refractivity contribution in [1.29, 1.82) is 0 Å². The van der Waals surface area contributed by atoms with Gasteiger partial charge in [0.25, 0.3) is 0 Å². The van der Waals surface area contributed by atoms with Crippen molar-refractivity contribution in [2.45, 2.75) is 13.0 Å². The molecule has 0 bridgehead atoms. The fourth-order valence-electron chi connectivity index (χ4n) is 3.01. The number of hydrogen-bond acceptors (Lipinski definition) is 7. The molecule has 0 unspecified atom stereocenters. The van der Waals surface area contributed by atoms with Crippen LogP contribution in [0.4, 0.5) is 5.82 Å². The average Bonchev–Trinajstić information content (AvgIpc) is 3.20. The number of hydrogen-bond donors (Lipinski definition) is 1. The van der Waals surface area contributed by atoms with Crippen molar-refractivity contribution >= 4 is 5.82 Å². The summed E-state index contributed by atoms with van der Waals surface area (Å²) in [7, 11) is 3.22. The molecule has 142 valence electrons. The number of aryl methyl sites for hydroxylation is 2. The predicted molar refractivity (Wildman–Crippen MR) is 105 cm³/mol. The third-order valence-electron chi connectivity index (χ3n) is 4.47. The van der Waals surface area contributed by atoms with Crippen LogP contribution in [0.1, 0.15) is 5.69 Å². The van der Waals surface area contributed by atoms with Gasteiger partial charge in [-0.1, -0.05) is 6.07 Å². The summed E-state index contributed by atoms with van der Waals surface area (Å²) in [5.41, 5.74) is 8.34. The Bertz CT molecular complexity index is 1060. The number of anilines is 1. The van der Waals surface area contributed by atoms with Gasteiger partial charge in [0, 0.05) is 24.9 Å². The monoisotopic (exact) mass is 376 g/mol. The number of nitrogens with two attached hydrogens (primary N) is 1. The average molecular weight is 376 g/mol. The number of ether oxygens (including phenoxy) is 2. The Balaban J connectivity index is 1.74. The van der Waals surface area contributed by atoms with E-state index in [0.717, 1.165) is 17.7 Å². The molecule has 2 aromatic rings. The van der Waals surface area contributed by atoms with Crippen LogP contribution in [0, 0.1) is 0 Å². The lowest BCUT2D eigenvalue weighted by Gasteiger charge is -2.10. The van der Waals surface area contributed by atoms with E-state index in [1.807, 2.05) is 41.0 Å². The van der Waals surface area contributed by atoms with Crippen LogP contribution in [0.2, 0.25) is 0 Å². The highest BCUT2D eigenvalue weighted by molar-refractivity contribution is 5.74. The van der Waals surface area contributed by atoms with Gasteiger partial charge in [-0.25, -0.2) is 15.0 Å². The highest BCUT2D eigenvalue weighted by atomic mass is 16.5. The lowest BCUT2D eigenvalue weighted by molar-refractivity contribution is 0.404. The number of nitrogen functional groups attached to an aromatic ring is 1. The first-order valence-corrected chi connectivity index (χ1v) is 8.80. The van der Waals surface area contributed by atoms with E-state index in [0.29, 0.717) is 41.2 Å². The van der Waals surface area contributed by atoms with E-state index >= 15 is 0 Å². The van der Waals surface area contributed by atoms with Gasteiger partial charge in [0.2, 0.25) is 0 Å². The van der Waals surface area contributed by atoms with Gasteiger partial charge in [0.15, 0.2) is 23.2 Å². The van der Waals surface area contributed by atoms with Gasteiger partial charge in [-0.15, -0.1) is 0 Å². The molecule has 1 aromatic heterocycles. The zero-order valence-electron chi connectivity index (χ0n) is 15.7. The van der Waals surface area contributed by atoms with E-state index in [1.54, 1.807) is 26.7 Å². The van der Waals surface area contributed by atoms with Crippen LogP contribution in [0.3, 0.4) is 0 Å². The second-order valence-electron chi connectivity index (χ2n) is 6.18. The summed E-state index contributed by atoms with van der Waals surface area (Å²) in [6.45, 7) is 0.661.